The molecule has 0 unspecified atom stereocenters. The van der Waals surface area contributed by atoms with Crippen LogP contribution in [0, 0.1) is 0 Å². The predicted octanol–water partition coefficient (Wildman–Crippen LogP) is 2.89. The summed E-state index contributed by atoms with van der Waals surface area (Å²) in [6, 6.07) is 0. The van der Waals surface area contributed by atoms with Gasteiger partial charge in [-0.1, -0.05) is 25.5 Å². The monoisotopic (exact) mass is 177 g/mol. The molecule has 0 fully saturated rings. The molecule has 68 valence electrons. The molecular formula is C9H20ClN. The second-order valence-corrected chi connectivity index (χ2v) is 2.83. The lowest BCUT2D eigenvalue weighted by Gasteiger charge is -2.27. The first-order chi connectivity index (χ1) is 4.60. The highest BCUT2D eigenvalue weighted by atomic mass is 35.5. The molecule has 1 nitrogen and oxygen atoms in total. The van der Waals surface area contributed by atoms with Gasteiger partial charge in [0.1, 0.15) is 0 Å². The molecule has 0 bridgehead atoms. The van der Waals surface area contributed by atoms with Crippen LogP contribution in [0.3, 0.4) is 0 Å². The van der Waals surface area contributed by atoms with Crippen molar-refractivity contribution >= 4 is 12.4 Å². The second-order valence-electron chi connectivity index (χ2n) is 2.83. The molecule has 0 heterocycles. The molecule has 0 saturated heterocycles. The van der Waals surface area contributed by atoms with Crippen molar-refractivity contribution < 1.29 is 0 Å². The molecule has 0 aromatic heterocycles. The van der Waals surface area contributed by atoms with E-state index in [-0.39, 0.29) is 17.9 Å². The maximum Gasteiger partial charge on any atom is 0.0360 e. The summed E-state index contributed by atoms with van der Waals surface area (Å²) in [5.41, 5.74) is 7.34. The summed E-state index contributed by atoms with van der Waals surface area (Å²) in [6.45, 7) is 8.42. The maximum absolute atomic E-state index is 6.08. The van der Waals surface area contributed by atoms with Crippen molar-refractivity contribution in [1.82, 2.24) is 0 Å². The fourth-order valence-corrected chi connectivity index (χ4v) is 1.10. The van der Waals surface area contributed by atoms with E-state index in [0.717, 1.165) is 12.8 Å². The van der Waals surface area contributed by atoms with Crippen LogP contribution in [0.5, 0.6) is 0 Å². The Labute approximate surface area is 76.5 Å². The van der Waals surface area contributed by atoms with Gasteiger partial charge >= 0.3 is 0 Å². The van der Waals surface area contributed by atoms with Crippen molar-refractivity contribution in [2.45, 2.75) is 46.1 Å². The molecule has 0 atom stereocenters. The first-order valence-corrected chi connectivity index (χ1v) is 4.03. The zero-order valence-corrected chi connectivity index (χ0v) is 8.79. The number of hydrogen-bond donors (Lipinski definition) is 1. The van der Waals surface area contributed by atoms with E-state index in [1.807, 2.05) is 6.92 Å². The van der Waals surface area contributed by atoms with Crippen LogP contribution < -0.4 is 5.73 Å². The lowest BCUT2D eigenvalue weighted by atomic mass is 9.86. The zero-order valence-electron chi connectivity index (χ0n) is 7.98. The van der Waals surface area contributed by atoms with Crippen LogP contribution in [0.1, 0.15) is 40.5 Å². The van der Waals surface area contributed by atoms with Crippen LogP contribution in [-0.4, -0.2) is 5.54 Å². The van der Waals surface area contributed by atoms with E-state index < -0.39 is 0 Å². The number of allylic oxidation sites excluding steroid dienone is 1. The van der Waals surface area contributed by atoms with E-state index in [4.69, 9.17) is 5.73 Å². The summed E-state index contributed by atoms with van der Waals surface area (Å²) >= 11 is 0. The Morgan fingerprint density at radius 1 is 1.36 bits per heavy atom. The number of hydrogen-bond acceptors (Lipinski definition) is 1. The topological polar surface area (TPSA) is 26.0 Å². The lowest BCUT2D eigenvalue weighted by molar-refractivity contribution is 0.464. The van der Waals surface area contributed by atoms with Crippen LogP contribution in [0.4, 0.5) is 0 Å². The standard InChI is InChI=1S/C9H19N.ClH/c1-5-8(4)9(10,6-2)7-3;/h5H,6-7,10H2,1-4H3;1H. The van der Waals surface area contributed by atoms with E-state index in [1.54, 1.807) is 0 Å². The maximum atomic E-state index is 6.08. The normalized spacial score (nSPS) is 12.6. The van der Waals surface area contributed by atoms with Gasteiger partial charge in [0.05, 0.1) is 0 Å². The average Bonchev–Trinajstić information content (AvgIpc) is 2.01. The van der Waals surface area contributed by atoms with Gasteiger partial charge in [-0.2, -0.15) is 0 Å². The molecule has 0 aliphatic carbocycles. The van der Waals surface area contributed by atoms with Gasteiger partial charge in [0.15, 0.2) is 0 Å². The third-order valence-electron chi connectivity index (χ3n) is 2.48. The molecule has 0 radical (unpaired) electrons. The summed E-state index contributed by atoms with van der Waals surface area (Å²) in [6.07, 6.45) is 4.16. The van der Waals surface area contributed by atoms with Gasteiger partial charge in [0, 0.05) is 5.54 Å². The van der Waals surface area contributed by atoms with E-state index >= 15 is 0 Å². The third-order valence-corrected chi connectivity index (χ3v) is 2.48. The van der Waals surface area contributed by atoms with Gasteiger partial charge in [-0.15, -0.1) is 12.4 Å². The molecule has 0 aromatic rings. The van der Waals surface area contributed by atoms with Gasteiger partial charge < -0.3 is 5.73 Å². The minimum atomic E-state index is -0.0469. The molecule has 0 aliphatic rings. The Hall–Kier alpha value is -0.0100. The Balaban J connectivity index is 0. The summed E-state index contributed by atoms with van der Waals surface area (Å²) in [5.74, 6) is 0. The largest absolute Gasteiger partial charge is 0.322 e. The van der Waals surface area contributed by atoms with Crippen LogP contribution >= 0.6 is 12.4 Å². The third kappa shape index (κ3) is 3.26. The average molecular weight is 178 g/mol. The van der Waals surface area contributed by atoms with E-state index in [1.165, 1.54) is 5.57 Å². The van der Waals surface area contributed by atoms with Gasteiger partial charge in [-0.05, 0) is 26.7 Å². The van der Waals surface area contributed by atoms with Crippen molar-refractivity contribution in [2.75, 3.05) is 0 Å². The molecule has 0 saturated carbocycles. The van der Waals surface area contributed by atoms with E-state index in [9.17, 15) is 0 Å². The van der Waals surface area contributed by atoms with Crippen molar-refractivity contribution in [3.8, 4) is 0 Å². The van der Waals surface area contributed by atoms with Crippen molar-refractivity contribution in [1.29, 1.82) is 0 Å². The molecule has 0 spiro atoms. The van der Waals surface area contributed by atoms with Crippen molar-refractivity contribution in [2.24, 2.45) is 5.73 Å². The Morgan fingerprint density at radius 2 is 1.73 bits per heavy atom. The fourth-order valence-electron chi connectivity index (χ4n) is 1.10. The smallest absolute Gasteiger partial charge is 0.0360 e. The molecule has 2 N–H and O–H groups in total. The minimum absolute atomic E-state index is 0. The van der Waals surface area contributed by atoms with Gasteiger partial charge in [0.2, 0.25) is 0 Å². The van der Waals surface area contributed by atoms with E-state index in [0.29, 0.717) is 0 Å². The quantitative estimate of drug-likeness (QED) is 0.660. The van der Waals surface area contributed by atoms with Crippen molar-refractivity contribution in [3.05, 3.63) is 11.6 Å². The van der Waals surface area contributed by atoms with Gasteiger partial charge in [-0.25, -0.2) is 0 Å². The highest BCUT2D eigenvalue weighted by molar-refractivity contribution is 5.85. The summed E-state index contributed by atoms with van der Waals surface area (Å²) in [7, 11) is 0. The summed E-state index contributed by atoms with van der Waals surface area (Å²) in [5, 5.41) is 0. The van der Waals surface area contributed by atoms with E-state index in [2.05, 4.69) is 26.8 Å². The summed E-state index contributed by atoms with van der Waals surface area (Å²) in [4.78, 5) is 0. The SMILES string of the molecule is CC=C(C)C(N)(CC)CC.Cl. The zero-order chi connectivity index (χ0) is 8.20. The van der Waals surface area contributed by atoms with Gasteiger partial charge in [-0.3, -0.25) is 0 Å². The Morgan fingerprint density at radius 3 is 1.82 bits per heavy atom. The Kier molecular flexibility index (Phi) is 6.93. The lowest BCUT2D eigenvalue weighted by Crippen LogP contribution is -2.39. The molecule has 0 rings (SSSR count). The molecule has 0 amide bonds. The van der Waals surface area contributed by atoms with Crippen LogP contribution in [0.25, 0.3) is 0 Å². The molecule has 0 aliphatic heterocycles. The number of rotatable bonds is 3. The first kappa shape index (κ1) is 13.6. The molecule has 0 aromatic carbocycles. The summed E-state index contributed by atoms with van der Waals surface area (Å²) < 4.78 is 0. The first-order valence-electron chi connectivity index (χ1n) is 4.03. The Bertz CT molecular complexity index is 126. The second kappa shape index (κ2) is 5.62. The van der Waals surface area contributed by atoms with Crippen LogP contribution in [0.2, 0.25) is 0 Å². The molecular weight excluding hydrogens is 158 g/mol. The van der Waals surface area contributed by atoms with Crippen molar-refractivity contribution in [3.63, 3.8) is 0 Å². The van der Waals surface area contributed by atoms with Crippen LogP contribution in [0.15, 0.2) is 11.6 Å². The number of halogens is 1. The van der Waals surface area contributed by atoms with Crippen LogP contribution in [-0.2, 0) is 0 Å². The highest BCUT2D eigenvalue weighted by Gasteiger charge is 2.20. The minimum Gasteiger partial charge on any atom is -0.322 e. The predicted molar refractivity (Wildman–Crippen MR) is 54.2 cm³/mol. The molecule has 2 heteroatoms. The fraction of sp³-hybridized carbons (Fsp3) is 0.778. The number of nitrogens with two attached hydrogens (primary N) is 1. The highest BCUT2D eigenvalue weighted by Crippen LogP contribution is 2.20. The molecule has 11 heavy (non-hydrogen) atoms. The van der Waals surface area contributed by atoms with Gasteiger partial charge in [0.25, 0.3) is 0 Å².